The van der Waals surface area contributed by atoms with Crippen LogP contribution in [0.5, 0.6) is 5.75 Å². The largest absolute Gasteiger partial charge is 0.534 e. The van der Waals surface area contributed by atoms with Gasteiger partial charge in [0.05, 0.1) is 0 Å². The number of allylic oxidation sites excluding steroid dienone is 1. The van der Waals surface area contributed by atoms with Crippen molar-refractivity contribution in [3.63, 3.8) is 0 Å². The summed E-state index contributed by atoms with van der Waals surface area (Å²) in [6.45, 7) is 1.22. The Morgan fingerprint density at radius 3 is 2.57 bits per heavy atom. The summed E-state index contributed by atoms with van der Waals surface area (Å²) in [6.07, 6.45) is 2.75. The lowest BCUT2D eigenvalue weighted by molar-refractivity contribution is -0.131. The van der Waals surface area contributed by atoms with Crippen molar-refractivity contribution in [2.45, 2.75) is 31.7 Å². The molecule has 0 atom stereocenters. The van der Waals surface area contributed by atoms with E-state index in [1.807, 2.05) is 0 Å². The Labute approximate surface area is 130 Å². The average Bonchev–Trinajstić information content (AvgIpc) is 2.58. The zero-order chi connectivity index (χ0) is 17.3. The summed E-state index contributed by atoms with van der Waals surface area (Å²) in [5, 5.41) is 0. The first-order chi connectivity index (χ1) is 10.6. The minimum atomic E-state index is -5.74. The summed E-state index contributed by atoms with van der Waals surface area (Å²) in [7, 11) is -5.74. The van der Waals surface area contributed by atoms with Crippen LogP contribution in [0.1, 0.15) is 30.9 Å². The van der Waals surface area contributed by atoms with Crippen LogP contribution in [0.4, 0.5) is 13.2 Å². The van der Waals surface area contributed by atoms with Gasteiger partial charge in [0, 0.05) is 12.5 Å². The monoisotopic (exact) mass is 350 g/mol. The highest BCUT2D eigenvalue weighted by molar-refractivity contribution is 7.87. The fraction of sp³-hybridized carbons (Fsp3) is 0.357. The number of carbonyl (C=O) groups is 1. The van der Waals surface area contributed by atoms with Crippen LogP contribution in [-0.2, 0) is 25.5 Å². The average molecular weight is 350 g/mol. The van der Waals surface area contributed by atoms with Crippen molar-refractivity contribution < 1.29 is 35.3 Å². The molecule has 0 spiro atoms. The second kappa shape index (κ2) is 6.23. The van der Waals surface area contributed by atoms with Gasteiger partial charge in [-0.3, -0.25) is 4.79 Å². The van der Waals surface area contributed by atoms with E-state index in [1.165, 1.54) is 31.2 Å². The van der Waals surface area contributed by atoms with E-state index in [4.69, 9.17) is 4.74 Å². The van der Waals surface area contributed by atoms with Gasteiger partial charge in [-0.1, -0.05) is 0 Å². The van der Waals surface area contributed by atoms with E-state index in [2.05, 4.69) is 4.18 Å². The van der Waals surface area contributed by atoms with Crippen LogP contribution < -0.4 is 4.74 Å². The maximum atomic E-state index is 12.5. The van der Waals surface area contributed by atoms with Crippen LogP contribution in [0.2, 0.25) is 0 Å². The van der Waals surface area contributed by atoms with Crippen molar-refractivity contribution in [3.05, 3.63) is 35.4 Å². The maximum absolute atomic E-state index is 12.5. The first-order valence-electron chi connectivity index (χ1n) is 6.63. The highest BCUT2D eigenvalue weighted by atomic mass is 32.2. The van der Waals surface area contributed by atoms with Gasteiger partial charge >= 0.3 is 21.6 Å². The minimum Gasteiger partial charge on any atom is -0.427 e. The summed E-state index contributed by atoms with van der Waals surface area (Å²) in [6, 6.07) is 4.22. The van der Waals surface area contributed by atoms with Gasteiger partial charge in [-0.2, -0.15) is 21.6 Å². The van der Waals surface area contributed by atoms with Crippen molar-refractivity contribution in [3.8, 4) is 5.75 Å². The fourth-order valence-corrected chi connectivity index (χ4v) is 2.62. The van der Waals surface area contributed by atoms with Crippen LogP contribution in [0.25, 0.3) is 5.76 Å². The van der Waals surface area contributed by atoms with Crippen molar-refractivity contribution >= 4 is 21.8 Å². The van der Waals surface area contributed by atoms with Crippen molar-refractivity contribution in [2.24, 2.45) is 0 Å². The quantitative estimate of drug-likeness (QED) is 0.362. The highest BCUT2D eigenvalue weighted by Crippen LogP contribution is 2.34. The molecule has 0 unspecified atom stereocenters. The summed E-state index contributed by atoms with van der Waals surface area (Å²) in [5.41, 5.74) is -4.73. The second-order valence-electron chi connectivity index (χ2n) is 4.86. The van der Waals surface area contributed by atoms with Gasteiger partial charge in [-0.05, 0) is 49.1 Å². The molecule has 0 fully saturated rings. The predicted octanol–water partition coefficient (Wildman–Crippen LogP) is 3.16. The van der Waals surface area contributed by atoms with Gasteiger partial charge in [0.1, 0.15) is 11.5 Å². The van der Waals surface area contributed by atoms with Crippen molar-refractivity contribution in [1.29, 1.82) is 0 Å². The molecule has 1 aromatic rings. The van der Waals surface area contributed by atoms with Crippen molar-refractivity contribution in [2.75, 3.05) is 0 Å². The molecule has 1 aromatic carbocycles. The zero-order valence-corrected chi connectivity index (χ0v) is 12.8. The third kappa shape index (κ3) is 4.04. The van der Waals surface area contributed by atoms with E-state index >= 15 is 0 Å². The summed E-state index contributed by atoms with van der Waals surface area (Å²) < 4.78 is 69.0. The third-order valence-electron chi connectivity index (χ3n) is 3.07. The molecule has 1 aliphatic carbocycles. The van der Waals surface area contributed by atoms with Crippen LogP contribution >= 0.6 is 0 Å². The lowest BCUT2D eigenvalue weighted by atomic mass is 10.0. The lowest BCUT2D eigenvalue weighted by Gasteiger charge is -2.14. The van der Waals surface area contributed by atoms with Gasteiger partial charge in [-0.15, -0.1) is 0 Å². The van der Waals surface area contributed by atoms with Gasteiger partial charge in [0.25, 0.3) is 0 Å². The molecule has 0 bridgehead atoms. The molecule has 0 amide bonds. The lowest BCUT2D eigenvalue weighted by Crippen LogP contribution is -2.25. The van der Waals surface area contributed by atoms with Crippen LogP contribution in [0, 0.1) is 0 Å². The smallest absolute Gasteiger partial charge is 0.427 e. The summed E-state index contributed by atoms with van der Waals surface area (Å²) >= 11 is 0. The number of esters is 1. The maximum Gasteiger partial charge on any atom is 0.534 e. The van der Waals surface area contributed by atoms with Gasteiger partial charge < -0.3 is 8.92 Å². The summed E-state index contributed by atoms with van der Waals surface area (Å²) in [5.74, 6) is -0.675. The van der Waals surface area contributed by atoms with E-state index in [0.29, 0.717) is 24.8 Å². The first kappa shape index (κ1) is 17.3. The number of halogens is 3. The first-order valence-corrected chi connectivity index (χ1v) is 8.03. The number of rotatable bonds is 3. The Kier molecular flexibility index (Phi) is 4.69. The van der Waals surface area contributed by atoms with Gasteiger partial charge in [-0.25, -0.2) is 0 Å². The molecule has 0 aliphatic heterocycles. The molecule has 1 aliphatic rings. The zero-order valence-electron chi connectivity index (χ0n) is 12.0. The van der Waals surface area contributed by atoms with E-state index in [1.54, 1.807) is 0 Å². The van der Waals surface area contributed by atoms with Crippen LogP contribution in [0.3, 0.4) is 0 Å². The number of benzene rings is 1. The number of hydrogen-bond donors (Lipinski definition) is 0. The predicted molar refractivity (Wildman–Crippen MR) is 74.7 cm³/mol. The number of alkyl halides is 3. The molecule has 0 radical (unpaired) electrons. The summed E-state index contributed by atoms with van der Waals surface area (Å²) in [4.78, 5) is 10.9. The topological polar surface area (TPSA) is 69.7 Å². The Morgan fingerprint density at radius 1 is 1.26 bits per heavy atom. The molecule has 0 aromatic heterocycles. The SMILES string of the molecule is CC(=O)Oc1ccc2c(c1)CCCC=C2OS(=O)(=O)C(F)(F)F. The molecule has 2 rings (SSSR count). The highest BCUT2D eigenvalue weighted by Gasteiger charge is 2.49. The van der Waals surface area contributed by atoms with E-state index in [-0.39, 0.29) is 17.1 Å². The molecule has 0 heterocycles. The Bertz CT molecular complexity index is 750. The number of ether oxygens (including phenoxy) is 1. The van der Waals surface area contributed by atoms with E-state index < -0.39 is 21.6 Å². The Morgan fingerprint density at radius 2 is 1.96 bits per heavy atom. The number of fused-ring (bicyclic) bond motifs is 1. The number of carbonyl (C=O) groups excluding carboxylic acids is 1. The molecular formula is C14H13F3O5S. The second-order valence-corrected chi connectivity index (χ2v) is 6.39. The normalized spacial score (nSPS) is 15.2. The minimum absolute atomic E-state index is 0.228. The molecule has 9 heteroatoms. The van der Waals surface area contributed by atoms with Crippen LogP contribution in [0.15, 0.2) is 24.3 Å². The third-order valence-corrected chi connectivity index (χ3v) is 4.03. The molecule has 0 saturated heterocycles. The molecule has 0 N–H and O–H groups in total. The number of aryl methyl sites for hydroxylation is 1. The van der Waals surface area contributed by atoms with E-state index in [9.17, 15) is 26.4 Å². The molecule has 0 saturated carbocycles. The molecule has 126 valence electrons. The van der Waals surface area contributed by atoms with Gasteiger partial charge in [0.2, 0.25) is 0 Å². The molecule has 23 heavy (non-hydrogen) atoms. The molecular weight excluding hydrogens is 337 g/mol. The standard InChI is InChI=1S/C14H13F3O5S/c1-9(18)21-11-6-7-12-10(8-11)4-2-3-5-13(12)22-23(19,20)14(15,16)17/h5-8H,2-4H2,1H3. The van der Waals surface area contributed by atoms with Crippen molar-refractivity contribution in [1.82, 2.24) is 0 Å². The van der Waals surface area contributed by atoms with Crippen LogP contribution in [-0.4, -0.2) is 19.9 Å². The Hall–Kier alpha value is -2.03. The fourth-order valence-electron chi connectivity index (χ4n) is 2.13. The molecule has 5 nitrogen and oxygen atoms in total. The van der Waals surface area contributed by atoms with Gasteiger partial charge in [0.15, 0.2) is 0 Å². The number of hydrogen-bond acceptors (Lipinski definition) is 5. The Balaban J connectivity index is 2.38. The van der Waals surface area contributed by atoms with E-state index in [0.717, 1.165) is 0 Å².